The SMILES string of the molecule is CCCCOc1ccc(NC(=O)c2cccc(C)c2)c2cccnc12. The molecule has 0 aliphatic carbocycles. The fourth-order valence-corrected chi connectivity index (χ4v) is 2.68. The molecule has 3 aromatic rings. The Morgan fingerprint density at radius 2 is 2.04 bits per heavy atom. The summed E-state index contributed by atoms with van der Waals surface area (Å²) in [6, 6.07) is 15.1. The fraction of sp³-hybridized carbons (Fsp3) is 0.238. The molecule has 0 spiro atoms. The Morgan fingerprint density at radius 1 is 1.16 bits per heavy atom. The molecule has 0 aliphatic rings. The van der Waals surface area contributed by atoms with E-state index < -0.39 is 0 Å². The van der Waals surface area contributed by atoms with E-state index in [9.17, 15) is 4.79 Å². The number of fused-ring (bicyclic) bond motifs is 1. The van der Waals surface area contributed by atoms with E-state index in [2.05, 4.69) is 17.2 Å². The lowest BCUT2D eigenvalue weighted by atomic mass is 10.1. The minimum atomic E-state index is -0.131. The van der Waals surface area contributed by atoms with Gasteiger partial charge in [0.25, 0.3) is 5.91 Å². The highest BCUT2D eigenvalue weighted by atomic mass is 16.5. The number of hydrogen-bond acceptors (Lipinski definition) is 3. The Kier molecular flexibility index (Phi) is 5.29. The van der Waals surface area contributed by atoms with Gasteiger partial charge >= 0.3 is 0 Å². The van der Waals surface area contributed by atoms with Gasteiger partial charge in [0.2, 0.25) is 0 Å². The summed E-state index contributed by atoms with van der Waals surface area (Å²) in [6.07, 6.45) is 3.82. The number of amides is 1. The quantitative estimate of drug-likeness (QED) is 0.647. The summed E-state index contributed by atoms with van der Waals surface area (Å²) >= 11 is 0. The number of hydrogen-bond donors (Lipinski definition) is 1. The van der Waals surface area contributed by atoms with E-state index in [1.165, 1.54) is 0 Å². The Morgan fingerprint density at radius 3 is 2.84 bits per heavy atom. The lowest BCUT2D eigenvalue weighted by molar-refractivity contribution is 0.102. The first kappa shape index (κ1) is 17.0. The van der Waals surface area contributed by atoms with Crippen molar-refractivity contribution in [3.63, 3.8) is 0 Å². The predicted molar refractivity (Wildman–Crippen MR) is 101 cm³/mol. The van der Waals surface area contributed by atoms with Gasteiger partial charge in [0.05, 0.1) is 12.3 Å². The largest absolute Gasteiger partial charge is 0.491 e. The molecule has 4 nitrogen and oxygen atoms in total. The zero-order chi connectivity index (χ0) is 17.6. The molecule has 3 rings (SSSR count). The smallest absolute Gasteiger partial charge is 0.255 e. The van der Waals surface area contributed by atoms with E-state index in [4.69, 9.17) is 4.74 Å². The molecule has 0 aliphatic heterocycles. The summed E-state index contributed by atoms with van der Waals surface area (Å²) < 4.78 is 5.84. The Bertz CT molecular complexity index is 890. The van der Waals surface area contributed by atoms with E-state index in [1.54, 1.807) is 6.20 Å². The van der Waals surface area contributed by atoms with Gasteiger partial charge in [-0.25, -0.2) is 0 Å². The third-order valence-electron chi connectivity index (χ3n) is 4.02. The second kappa shape index (κ2) is 7.79. The number of ether oxygens (including phenoxy) is 1. The first-order valence-corrected chi connectivity index (χ1v) is 8.57. The van der Waals surface area contributed by atoms with Gasteiger partial charge in [-0.2, -0.15) is 0 Å². The summed E-state index contributed by atoms with van der Waals surface area (Å²) in [7, 11) is 0. The molecule has 2 aromatic carbocycles. The van der Waals surface area contributed by atoms with Gasteiger partial charge in [0, 0.05) is 17.1 Å². The van der Waals surface area contributed by atoms with Crippen molar-refractivity contribution in [3.8, 4) is 5.75 Å². The number of unbranched alkanes of at least 4 members (excludes halogenated alkanes) is 1. The molecule has 1 amide bonds. The first-order valence-electron chi connectivity index (χ1n) is 8.57. The van der Waals surface area contributed by atoms with E-state index in [-0.39, 0.29) is 5.91 Å². The Hall–Kier alpha value is -2.88. The van der Waals surface area contributed by atoms with E-state index >= 15 is 0 Å². The topological polar surface area (TPSA) is 51.2 Å². The zero-order valence-corrected chi connectivity index (χ0v) is 14.6. The molecule has 1 aromatic heterocycles. The Balaban J connectivity index is 1.89. The maximum Gasteiger partial charge on any atom is 0.255 e. The molecule has 0 saturated heterocycles. The zero-order valence-electron chi connectivity index (χ0n) is 14.6. The van der Waals surface area contributed by atoms with E-state index in [0.717, 1.165) is 40.7 Å². The molecular weight excluding hydrogens is 312 g/mol. The number of aryl methyl sites for hydroxylation is 1. The molecule has 128 valence electrons. The van der Waals surface area contributed by atoms with Crippen LogP contribution in [0.25, 0.3) is 10.9 Å². The summed E-state index contributed by atoms with van der Waals surface area (Å²) in [5.41, 5.74) is 3.19. The number of pyridine rings is 1. The lowest BCUT2D eigenvalue weighted by Gasteiger charge is -2.12. The van der Waals surface area contributed by atoms with Gasteiger partial charge in [-0.05, 0) is 49.7 Å². The van der Waals surface area contributed by atoms with Gasteiger partial charge in [-0.1, -0.05) is 31.0 Å². The Labute approximate surface area is 147 Å². The number of carbonyl (C=O) groups is 1. The molecule has 1 heterocycles. The minimum absolute atomic E-state index is 0.131. The van der Waals surface area contributed by atoms with Crippen molar-refractivity contribution in [2.75, 3.05) is 11.9 Å². The van der Waals surface area contributed by atoms with Crippen LogP contribution in [0.1, 0.15) is 35.7 Å². The van der Waals surface area contributed by atoms with Crippen molar-refractivity contribution < 1.29 is 9.53 Å². The molecule has 0 fully saturated rings. The van der Waals surface area contributed by atoms with Crippen molar-refractivity contribution in [1.82, 2.24) is 4.98 Å². The summed E-state index contributed by atoms with van der Waals surface area (Å²) in [6.45, 7) is 4.76. The van der Waals surface area contributed by atoms with Crippen molar-refractivity contribution in [1.29, 1.82) is 0 Å². The lowest BCUT2D eigenvalue weighted by Crippen LogP contribution is -2.12. The highest BCUT2D eigenvalue weighted by Gasteiger charge is 2.12. The second-order valence-electron chi connectivity index (χ2n) is 6.04. The molecule has 0 saturated carbocycles. The molecule has 4 heteroatoms. The third-order valence-corrected chi connectivity index (χ3v) is 4.02. The van der Waals surface area contributed by atoms with Gasteiger partial charge in [0.15, 0.2) is 0 Å². The fourth-order valence-electron chi connectivity index (χ4n) is 2.68. The summed E-state index contributed by atoms with van der Waals surface area (Å²) in [5, 5.41) is 3.86. The number of nitrogens with zero attached hydrogens (tertiary/aromatic N) is 1. The number of rotatable bonds is 6. The predicted octanol–water partition coefficient (Wildman–Crippen LogP) is 4.97. The average molecular weight is 334 g/mol. The number of anilines is 1. The van der Waals surface area contributed by atoms with Crippen LogP contribution in [-0.2, 0) is 0 Å². The first-order chi connectivity index (χ1) is 12.2. The number of carbonyl (C=O) groups excluding carboxylic acids is 1. The minimum Gasteiger partial charge on any atom is -0.491 e. The van der Waals surface area contributed by atoms with Crippen LogP contribution >= 0.6 is 0 Å². The van der Waals surface area contributed by atoms with E-state index in [1.807, 2.05) is 55.5 Å². The van der Waals surface area contributed by atoms with Gasteiger partial charge in [0.1, 0.15) is 11.3 Å². The van der Waals surface area contributed by atoms with E-state index in [0.29, 0.717) is 12.2 Å². The maximum absolute atomic E-state index is 12.5. The standard InChI is InChI=1S/C21H22N2O2/c1-3-4-13-25-19-11-10-18(17-9-6-12-22-20(17)19)23-21(24)16-8-5-7-15(2)14-16/h5-12,14H,3-4,13H2,1-2H3,(H,23,24). The van der Waals surface area contributed by atoms with Crippen LogP contribution in [0.5, 0.6) is 5.75 Å². The summed E-state index contributed by atoms with van der Waals surface area (Å²) in [4.78, 5) is 17.0. The highest BCUT2D eigenvalue weighted by Crippen LogP contribution is 2.30. The molecule has 0 radical (unpaired) electrons. The second-order valence-corrected chi connectivity index (χ2v) is 6.04. The van der Waals surface area contributed by atoms with Crippen LogP contribution in [0.3, 0.4) is 0 Å². The number of aromatic nitrogens is 1. The van der Waals surface area contributed by atoms with Crippen LogP contribution in [0.4, 0.5) is 5.69 Å². The van der Waals surface area contributed by atoms with Crippen LogP contribution in [0.2, 0.25) is 0 Å². The molecular formula is C21H22N2O2. The van der Waals surface area contributed by atoms with Crippen molar-refractivity contribution in [3.05, 3.63) is 65.9 Å². The monoisotopic (exact) mass is 334 g/mol. The molecule has 25 heavy (non-hydrogen) atoms. The van der Waals surface area contributed by atoms with Crippen molar-refractivity contribution >= 4 is 22.5 Å². The van der Waals surface area contributed by atoms with Crippen LogP contribution in [0, 0.1) is 6.92 Å². The normalized spacial score (nSPS) is 10.6. The third kappa shape index (κ3) is 3.97. The van der Waals surface area contributed by atoms with Gasteiger partial charge in [-0.15, -0.1) is 0 Å². The van der Waals surface area contributed by atoms with Crippen molar-refractivity contribution in [2.24, 2.45) is 0 Å². The van der Waals surface area contributed by atoms with Crippen LogP contribution < -0.4 is 10.1 Å². The number of benzene rings is 2. The van der Waals surface area contributed by atoms with Crippen molar-refractivity contribution in [2.45, 2.75) is 26.7 Å². The number of nitrogens with one attached hydrogen (secondary N) is 1. The van der Waals surface area contributed by atoms with Gasteiger partial charge in [-0.3, -0.25) is 9.78 Å². The summed E-state index contributed by atoms with van der Waals surface area (Å²) in [5.74, 6) is 0.617. The average Bonchev–Trinajstić information content (AvgIpc) is 2.63. The van der Waals surface area contributed by atoms with Gasteiger partial charge < -0.3 is 10.1 Å². The molecule has 0 unspecified atom stereocenters. The molecule has 0 atom stereocenters. The molecule has 1 N–H and O–H groups in total. The van der Waals surface area contributed by atoms with Crippen LogP contribution in [-0.4, -0.2) is 17.5 Å². The van der Waals surface area contributed by atoms with Crippen LogP contribution in [0.15, 0.2) is 54.7 Å². The maximum atomic E-state index is 12.5. The highest BCUT2D eigenvalue weighted by molar-refractivity contribution is 6.09. The molecule has 0 bridgehead atoms.